The van der Waals surface area contributed by atoms with Crippen molar-refractivity contribution in [3.63, 3.8) is 0 Å². The third-order valence-corrected chi connectivity index (χ3v) is 5.15. The molecule has 1 aromatic heterocycles. The van der Waals surface area contributed by atoms with E-state index in [-0.39, 0.29) is 0 Å². The SMILES string of the molecule is CCCc1c(NC)ncnc1SC1CCCC(C)C1. The summed E-state index contributed by atoms with van der Waals surface area (Å²) in [5.41, 5.74) is 1.30. The van der Waals surface area contributed by atoms with Crippen LogP contribution in [0.2, 0.25) is 0 Å². The number of nitrogens with zero attached hydrogens (tertiary/aromatic N) is 2. The molecule has 1 aliphatic rings. The fourth-order valence-corrected chi connectivity index (χ4v) is 4.31. The van der Waals surface area contributed by atoms with Crippen LogP contribution in [0.4, 0.5) is 5.82 Å². The van der Waals surface area contributed by atoms with Gasteiger partial charge in [-0.1, -0.05) is 33.1 Å². The van der Waals surface area contributed by atoms with E-state index < -0.39 is 0 Å². The fraction of sp³-hybridized carbons (Fsp3) is 0.733. The van der Waals surface area contributed by atoms with Crippen LogP contribution in [0.5, 0.6) is 0 Å². The van der Waals surface area contributed by atoms with Gasteiger partial charge in [0.1, 0.15) is 17.2 Å². The second-order valence-electron chi connectivity index (χ2n) is 5.52. The van der Waals surface area contributed by atoms with Crippen LogP contribution in [0.3, 0.4) is 0 Å². The number of aromatic nitrogens is 2. The largest absolute Gasteiger partial charge is 0.373 e. The first kappa shape index (κ1) is 14.6. The highest BCUT2D eigenvalue weighted by molar-refractivity contribution is 7.99. The zero-order chi connectivity index (χ0) is 13.7. The molecule has 19 heavy (non-hydrogen) atoms. The molecule has 1 aliphatic carbocycles. The molecule has 0 bridgehead atoms. The Morgan fingerprint density at radius 2 is 2.21 bits per heavy atom. The van der Waals surface area contributed by atoms with E-state index in [1.54, 1.807) is 6.33 Å². The van der Waals surface area contributed by atoms with Crippen LogP contribution < -0.4 is 5.32 Å². The molecule has 3 nitrogen and oxygen atoms in total. The van der Waals surface area contributed by atoms with Gasteiger partial charge in [0.15, 0.2) is 0 Å². The highest BCUT2D eigenvalue weighted by atomic mass is 32.2. The average molecular weight is 279 g/mol. The molecule has 0 saturated heterocycles. The Morgan fingerprint density at radius 3 is 2.89 bits per heavy atom. The lowest BCUT2D eigenvalue weighted by molar-refractivity contribution is 0.394. The van der Waals surface area contributed by atoms with Gasteiger partial charge in [-0.05, 0) is 25.2 Å². The molecule has 0 radical (unpaired) electrons. The molecule has 0 aromatic carbocycles. The first-order valence-corrected chi connectivity index (χ1v) is 8.30. The first-order valence-electron chi connectivity index (χ1n) is 7.42. The van der Waals surface area contributed by atoms with Gasteiger partial charge in [0.05, 0.1) is 0 Å². The summed E-state index contributed by atoms with van der Waals surface area (Å²) in [5.74, 6) is 1.87. The first-order chi connectivity index (χ1) is 9.24. The van der Waals surface area contributed by atoms with E-state index in [0.29, 0.717) is 0 Å². The maximum atomic E-state index is 4.54. The summed E-state index contributed by atoms with van der Waals surface area (Å²) in [6, 6.07) is 0. The average Bonchev–Trinajstić information content (AvgIpc) is 2.41. The quantitative estimate of drug-likeness (QED) is 0.822. The standard InChI is InChI=1S/C15H25N3S/c1-4-6-13-14(16-3)17-10-18-15(13)19-12-8-5-7-11(2)9-12/h10-12H,4-9H2,1-3H3,(H,16,17,18). The molecule has 1 fully saturated rings. The van der Waals surface area contributed by atoms with Gasteiger partial charge < -0.3 is 5.32 Å². The second kappa shape index (κ2) is 7.13. The topological polar surface area (TPSA) is 37.8 Å². The minimum absolute atomic E-state index is 0.735. The maximum Gasteiger partial charge on any atom is 0.133 e. The summed E-state index contributed by atoms with van der Waals surface area (Å²) >= 11 is 1.97. The van der Waals surface area contributed by atoms with Crippen molar-refractivity contribution in [2.24, 2.45) is 5.92 Å². The summed E-state index contributed by atoms with van der Waals surface area (Å²) in [4.78, 5) is 8.89. The number of nitrogens with one attached hydrogen (secondary N) is 1. The molecule has 2 rings (SSSR count). The van der Waals surface area contributed by atoms with Gasteiger partial charge in [-0.2, -0.15) is 0 Å². The van der Waals surface area contributed by atoms with E-state index >= 15 is 0 Å². The van der Waals surface area contributed by atoms with E-state index in [9.17, 15) is 0 Å². The Hall–Kier alpha value is -0.770. The van der Waals surface area contributed by atoms with Crippen molar-refractivity contribution in [1.82, 2.24) is 9.97 Å². The van der Waals surface area contributed by atoms with Crippen LogP contribution >= 0.6 is 11.8 Å². The van der Waals surface area contributed by atoms with Gasteiger partial charge >= 0.3 is 0 Å². The highest BCUT2D eigenvalue weighted by Gasteiger charge is 2.22. The van der Waals surface area contributed by atoms with Crippen molar-refractivity contribution in [2.75, 3.05) is 12.4 Å². The predicted octanol–water partition coefficient (Wildman–Crippen LogP) is 4.14. The minimum Gasteiger partial charge on any atom is -0.373 e. The fourth-order valence-electron chi connectivity index (χ4n) is 2.83. The Morgan fingerprint density at radius 1 is 1.37 bits per heavy atom. The van der Waals surface area contributed by atoms with Crippen molar-refractivity contribution in [3.05, 3.63) is 11.9 Å². The molecule has 0 spiro atoms. The molecule has 1 aromatic rings. The van der Waals surface area contributed by atoms with E-state index in [1.165, 1.54) is 36.3 Å². The molecule has 2 unspecified atom stereocenters. The third kappa shape index (κ3) is 3.85. The summed E-state index contributed by atoms with van der Waals surface area (Å²) in [6.07, 6.45) is 9.31. The molecule has 106 valence electrons. The Labute approximate surface area is 121 Å². The Balaban J connectivity index is 2.14. The van der Waals surface area contributed by atoms with Gasteiger partial charge in [-0.3, -0.25) is 0 Å². The molecule has 2 atom stereocenters. The molecule has 1 heterocycles. The lowest BCUT2D eigenvalue weighted by Crippen LogP contribution is -2.15. The molecule has 0 aliphatic heterocycles. The zero-order valence-corrected chi connectivity index (χ0v) is 13.1. The number of hydrogen-bond donors (Lipinski definition) is 1. The van der Waals surface area contributed by atoms with Crippen molar-refractivity contribution in [1.29, 1.82) is 0 Å². The number of thioether (sulfide) groups is 1. The van der Waals surface area contributed by atoms with Gasteiger partial charge in [0, 0.05) is 17.9 Å². The van der Waals surface area contributed by atoms with Gasteiger partial charge in [0.2, 0.25) is 0 Å². The van der Waals surface area contributed by atoms with Crippen LogP contribution in [-0.2, 0) is 6.42 Å². The normalized spacial score (nSPS) is 23.3. The molecule has 4 heteroatoms. The van der Waals surface area contributed by atoms with Crippen LogP contribution in [-0.4, -0.2) is 22.3 Å². The van der Waals surface area contributed by atoms with Crippen molar-refractivity contribution < 1.29 is 0 Å². The highest BCUT2D eigenvalue weighted by Crippen LogP contribution is 2.37. The minimum atomic E-state index is 0.735. The second-order valence-corrected chi connectivity index (χ2v) is 6.81. The molecule has 1 saturated carbocycles. The smallest absolute Gasteiger partial charge is 0.133 e. The Bertz CT molecular complexity index is 408. The summed E-state index contributed by atoms with van der Waals surface area (Å²) in [5, 5.41) is 5.13. The van der Waals surface area contributed by atoms with E-state index in [1.807, 2.05) is 18.8 Å². The molecular weight excluding hydrogens is 254 g/mol. The Kier molecular flexibility index (Phi) is 5.49. The summed E-state index contributed by atoms with van der Waals surface area (Å²) in [7, 11) is 1.94. The predicted molar refractivity (Wildman–Crippen MR) is 82.9 cm³/mol. The van der Waals surface area contributed by atoms with Gasteiger partial charge in [0.25, 0.3) is 0 Å². The number of anilines is 1. The van der Waals surface area contributed by atoms with Crippen LogP contribution in [0.15, 0.2) is 11.4 Å². The van der Waals surface area contributed by atoms with E-state index in [2.05, 4.69) is 29.1 Å². The monoisotopic (exact) mass is 279 g/mol. The van der Waals surface area contributed by atoms with Crippen LogP contribution in [0.1, 0.15) is 51.5 Å². The molecule has 1 N–H and O–H groups in total. The van der Waals surface area contributed by atoms with Crippen molar-refractivity contribution >= 4 is 17.6 Å². The third-order valence-electron chi connectivity index (χ3n) is 3.81. The van der Waals surface area contributed by atoms with Crippen LogP contribution in [0.25, 0.3) is 0 Å². The maximum absolute atomic E-state index is 4.54. The van der Waals surface area contributed by atoms with Gasteiger partial charge in [-0.15, -0.1) is 11.8 Å². The van der Waals surface area contributed by atoms with Crippen molar-refractivity contribution in [2.45, 2.75) is 62.6 Å². The number of hydrogen-bond acceptors (Lipinski definition) is 4. The molecule has 0 amide bonds. The lowest BCUT2D eigenvalue weighted by atomic mass is 9.91. The molecular formula is C15H25N3S. The number of rotatable bonds is 5. The van der Waals surface area contributed by atoms with Crippen molar-refractivity contribution in [3.8, 4) is 0 Å². The summed E-state index contributed by atoms with van der Waals surface area (Å²) in [6.45, 7) is 4.59. The zero-order valence-electron chi connectivity index (χ0n) is 12.3. The lowest BCUT2D eigenvalue weighted by Gasteiger charge is -2.26. The summed E-state index contributed by atoms with van der Waals surface area (Å²) < 4.78 is 0. The van der Waals surface area contributed by atoms with Crippen LogP contribution in [0, 0.1) is 5.92 Å². The van der Waals surface area contributed by atoms with Gasteiger partial charge in [-0.25, -0.2) is 9.97 Å². The van der Waals surface area contributed by atoms with E-state index in [0.717, 1.165) is 29.8 Å². The van der Waals surface area contributed by atoms with E-state index in [4.69, 9.17) is 0 Å².